The zero-order valence-electron chi connectivity index (χ0n) is 10.8. The van der Waals surface area contributed by atoms with E-state index in [9.17, 15) is 8.78 Å². The van der Waals surface area contributed by atoms with Crippen LogP contribution in [-0.4, -0.2) is 4.98 Å². The molecule has 20 heavy (non-hydrogen) atoms. The van der Waals surface area contributed by atoms with E-state index in [2.05, 4.69) is 26.3 Å². The molecular formula is C14H14BrF2N3. The number of hydrazine groups is 1. The van der Waals surface area contributed by atoms with Crippen molar-refractivity contribution in [3.8, 4) is 0 Å². The Morgan fingerprint density at radius 2 is 2.10 bits per heavy atom. The number of pyridine rings is 1. The van der Waals surface area contributed by atoms with Crippen LogP contribution in [0.3, 0.4) is 0 Å². The third kappa shape index (κ3) is 3.20. The average Bonchev–Trinajstić information content (AvgIpc) is 2.42. The topological polar surface area (TPSA) is 50.9 Å². The molecule has 0 radical (unpaired) electrons. The molecule has 0 saturated carbocycles. The number of benzene rings is 1. The first-order chi connectivity index (χ1) is 9.52. The van der Waals surface area contributed by atoms with Crippen molar-refractivity contribution in [3.05, 3.63) is 63.4 Å². The van der Waals surface area contributed by atoms with Crippen LogP contribution in [0.1, 0.15) is 22.7 Å². The average molecular weight is 342 g/mol. The maximum absolute atomic E-state index is 14.1. The maximum Gasteiger partial charge on any atom is 0.133 e. The lowest BCUT2D eigenvalue weighted by molar-refractivity contribution is 0.470. The van der Waals surface area contributed by atoms with Gasteiger partial charge in [-0.25, -0.2) is 8.78 Å². The van der Waals surface area contributed by atoms with Gasteiger partial charge >= 0.3 is 0 Å². The molecule has 3 N–H and O–H groups in total. The molecule has 2 aromatic rings. The molecule has 1 aromatic heterocycles. The SMILES string of the molecule is Cc1ccc(F)c(C(Cc2cncc(Br)c2)NN)c1F. The van der Waals surface area contributed by atoms with E-state index in [1.165, 1.54) is 12.1 Å². The molecule has 0 aliphatic rings. The van der Waals surface area contributed by atoms with Gasteiger partial charge in [0, 0.05) is 22.4 Å². The van der Waals surface area contributed by atoms with Crippen LogP contribution >= 0.6 is 15.9 Å². The summed E-state index contributed by atoms with van der Waals surface area (Å²) in [7, 11) is 0. The van der Waals surface area contributed by atoms with Gasteiger partial charge in [0.05, 0.1) is 6.04 Å². The lowest BCUT2D eigenvalue weighted by Gasteiger charge is -2.18. The first kappa shape index (κ1) is 15.0. The number of aryl methyl sites for hydroxylation is 1. The van der Waals surface area contributed by atoms with Crippen LogP contribution in [-0.2, 0) is 6.42 Å². The summed E-state index contributed by atoms with van der Waals surface area (Å²) >= 11 is 3.31. The summed E-state index contributed by atoms with van der Waals surface area (Å²) in [5.74, 6) is 4.28. The normalized spacial score (nSPS) is 12.4. The monoisotopic (exact) mass is 341 g/mol. The minimum Gasteiger partial charge on any atom is -0.271 e. The molecule has 1 heterocycles. The zero-order valence-corrected chi connectivity index (χ0v) is 12.4. The Labute approximate surface area is 124 Å². The smallest absolute Gasteiger partial charge is 0.133 e. The molecule has 1 unspecified atom stereocenters. The van der Waals surface area contributed by atoms with Crippen molar-refractivity contribution in [1.29, 1.82) is 0 Å². The Bertz CT molecular complexity index is 619. The van der Waals surface area contributed by atoms with E-state index in [1.54, 1.807) is 19.3 Å². The number of halogens is 3. The molecule has 0 aliphatic carbocycles. The molecule has 0 saturated heterocycles. The second-order valence-electron chi connectivity index (χ2n) is 4.53. The highest BCUT2D eigenvalue weighted by atomic mass is 79.9. The summed E-state index contributed by atoms with van der Waals surface area (Å²) in [6.07, 6.45) is 3.61. The fourth-order valence-corrected chi connectivity index (χ4v) is 2.46. The van der Waals surface area contributed by atoms with Gasteiger partial charge in [0.15, 0.2) is 0 Å². The van der Waals surface area contributed by atoms with E-state index in [4.69, 9.17) is 5.84 Å². The molecule has 0 spiro atoms. The third-order valence-corrected chi connectivity index (χ3v) is 3.50. The predicted octanol–water partition coefficient (Wildman–Crippen LogP) is 3.18. The lowest BCUT2D eigenvalue weighted by atomic mass is 9.97. The summed E-state index contributed by atoms with van der Waals surface area (Å²) in [4.78, 5) is 4.02. The minimum atomic E-state index is -0.661. The van der Waals surface area contributed by atoms with Gasteiger partial charge in [0.2, 0.25) is 0 Å². The number of nitrogens with one attached hydrogen (secondary N) is 1. The fourth-order valence-electron chi connectivity index (χ4n) is 2.05. The van der Waals surface area contributed by atoms with Gasteiger partial charge in [-0.15, -0.1) is 0 Å². The van der Waals surface area contributed by atoms with E-state index in [0.717, 1.165) is 10.0 Å². The van der Waals surface area contributed by atoms with Gasteiger partial charge in [-0.1, -0.05) is 6.07 Å². The van der Waals surface area contributed by atoms with Crippen LogP contribution in [0.15, 0.2) is 35.1 Å². The molecule has 1 atom stereocenters. The van der Waals surface area contributed by atoms with E-state index in [-0.39, 0.29) is 5.56 Å². The summed E-state index contributed by atoms with van der Waals surface area (Å²) in [5, 5.41) is 0. The number of hydrogen-bond acceptors (Lipinski definition) is 3. The molecule has 1 aromatic carbocycles. The van der Waals surface area contributed by atoms with E-state index < -0.39 is 17.7 Å². The largest absolute Gasteiger partial charge is 0.271 e. The van der Waals surface area contributed by atoms with E-state index >= 15 is 0 Å². The van der Waals surface area contributed by atoms with Crippen molar-refractivity contribution >= 4 is 15.9 Å². The summed E-state index contributed by atoms with van der Waals surface area (Å²) in [6, 6.07) is 3.83. The molecule has 0 amide bonds. The van der Waals surface area contributed by atoms with Crippen LogP contribution in [0, 0.1) is 18.6 Å². The van der Waals surface area contributed by atoms with Crippen LogP contribution in [0.2, 0.25) is 0 Å². The molecule has 106 valence electrons. The second kappa shape index (κ2) is 6.39. The van der Waals surface area contributed by atoms with Gasteiger partial charge in [-0.3, -0.25) is 16.3 Å². The van der Waals surface area contributed by atoms with Crippen LogP contribution in [0.4, 0.5) is 8.78 Å². The van der Waals surface area contributed by atoms with Crippen molar-refractivity contribution in [2.75, 3.05) is 0 Å². The number of nitrogens with two attached hydrogens (primary N) is 1. The van der Waals surface area contributed by atoms with Crippen molar-refractivity contribution in [1.82, 2.24) is 10.4 Å². The molecule has 0 bridgehead atoms. The Hall–Kier alpha value is -1.37. The molecule has 6 heteroatoms. The predicted molar refractivity (Wildman–Crippen MR) is 76.8 cm³/mol. The first-order valence-electron chi connectivity index (χ1n) is 6.03. The van der Waals surface area contributed by atoms with Crippen molar-refractivity contribution < 1.29 is 8.78 Å². The van der Waals surface area contributed by atoms with Crippen molar-refractivity contribution in [2.24, 2.45) is 5.84 Å². The van der Waals surface area contributed by atoms with E-state index in [1.807, 2.05) is 6.07 Å². The minimum absolute atomic E-state index is 0.0486. The summed E-state index contributed by atoms with van der Waals surface area (Å²) in [5.41, 5.74) is 3.63. The fraction of sp³-hybridized carbons (Fsp3) is 0.214. The van der Waals surface area contributed by atoms with Gasteiger partial charge in [-0.2, -0.15) is 0 Å². The third-order valence-electron chi connectivity index (χ3n) is 3.07. The van der Waals surface area contributed by atoms with Gasteiger partial charge in [0.1, 0.15) is 11.6 Å². The first-order valence-corrected chi connectivity index (χ1v) is 6.82. The highest BCUT2D eigenvalue weighted by Crippen LogP contribution is 2.26. The van der Waals surface area contributed by atoms with E-state index in [0.29, 0.717) is 12.0 Å². The Balaban J connectivity index is 2.36. The Morgan fingerprint density at radius 1 is 1.35 bits per heavy atom. The molecule has 2 rings (SSSR count). The number of hydrogen-bond donors (Lipinski definition) is 2. The standard InChI is InChI=1S/C14H14BrF2N3/c1-8-2-3-11(16)13(14(8)17)12(20-18)5-9-4-10(15)7-19-6-9/h2-4,6-7,12,20H,5,18H2,1H3. The van der Waals surface area contributed by atoms with Crippen LogP contribution < -0.4 is 11.3 Å². The summed E-state index contributed by atoms with van der Waals surface area (Å²) < 4.78 is 28.8. The lowest BCUT2D eigenvalue weighted by Crippen LogP contribution is -2.31. The number of aromatic nitrogens is 1. The van der Waals surface area contributed by atoms with Crippen molar-refractivity contribution in [3.63, 3.8) is 0 Å². The van der Waals surface area contributed by atoms with Gasteiger partial charge in [0.25, 0.3) is 0 Å². The van der Waals surface area contributed by atoms with Crippen LogP contribution in [0.25, 0.3) is 0 Å². The molecule has 0 fully saturated rings. The maximum atomic E-state index is 14.1. The van der Waals surface area contributed by atoms with Crippen molar-refractivity contribution in [2.45, 2.75) is 19.4 Å². The Kier molecular flexibility index (Phi) is 4.80. The molecular weight excluding hydrogens is 328 g/mol. The molecule has 3 nitrogen and oxygen atoms in total. The van der Waals surface area contributed by atoms with Gasteiger partial charge in [-0.05, 0) is 52.5 Å². The number of rotatable bonds is 4. The summed E-state index contributed by atoms with van der Waals surface area (Å²) in [6.45, 7) is 1.59. The second-order valence-corrected chi connectivity index (χ2v) is 5.44. The Morgan fingerprint density at radius 3 is 2.75 bits per heavy atom. The number of nitrogens with zero attached hydrogens (tertiary/aromatic N) is 1. The molecule has 0 aliphatic heterocycles. The highest BCUT2D eigenvalue weighted by molar-refractivity contribution is 9.10. The quantitative estimate of drug-likeness (QED) is 0.663. The van der Waals surface area contributed by atoms with Gasteiger partial charge < -0.3 is 0 Å². The van der Waals surface area contributed by atoms with Crippen LogP contribution in [0.5, 0.6) is 0 Å². The zero-order chi connectivity index (χ0) is 14.7. The highest BCUT2D eigenvalue weighted by Gasteiger charge is 2.21.